The number of aromatic nitrogens is 1. The lowest BCUT2D eigenvalue weighted by Crippen LogP contribution is -2.33. The molecule has 0 radical (unpaired) electrons. The second kappa shape index (κ2) is 12.6. The lowest BCUT2D eigenvalue weighted by molar-refractivity contribution is -0.154. The van der Waals surface area contributed by atoms with Gasteiger partial charge in [-0.25, -0.2) is 12.4 Å². The first-order chi connectivity index (χ1) is 17.1. The second-order valence-electron chi connectivity index (χ2n) is 10.1. The summed E-state index contributed by atoms with van der Waals surface area (Å²) in [6.45, 7) is 14.2. The number of ether oxygens (including phenoxy) is 2. The molecular weight excluding hydrogens is 494 g/mol. The number of carbonyl (C=O) groups is 2. The molecule has 0 aliphatic heterocycles. The summed E-state index contributed by atoms with van der Waals surface area (Å²) in [5.74, 6) is -0.937. The van der Waals surface area contributed by atoms with Crippen LogP contribution in [0, 0.1) is 0 Å². The monoisotopic (exact) mass is 533 g/mol. The number of carbonyl (C=O) groups excluding carboxylic acids is 2. The Balaban J connectivity index is 2.49. The van der Waals surface area contributed by atoms with Crippen molar-refractivity contribution < 1.29 is 32.6 Å². The molecule has 1 aromatic heterocycles. The average molecular weight is 534 g/mol. The summed E-state index contributed by atoms with van der Waals surface area (Å²) >= 11 is 0. The summed E-state index contributed by atoms with van der Waals surface area (Å²) in [5, 5.41) is 10.3. The van der Waals surface area contributed by atoms with Gasteiger partial charge < -0.3 is 14.6 Å². The zero-order valence-electron chi connectivity index (χ0n) is 22.9. The summed E-state index contributed by atoms with van der Waals surface area (Å²) in [5.41, 5.74) is 3.19. The largest absolute Gasteiger partial charge is 0.463 e. The molecule has 0 spiro atoms. The summed E-state index contributed by atoms with van der Waals surface area (Å²) in [4.78, 5) is 22.9. The van der Waals surface area contributed by atoms with Gasteiger partial charge in [0.1, 0.15) is 18.8 Å². The van der Waals surface area contributed by atoms with Crippen LogP contribution in [0.4, 0.5) is 0 Å². The molecular formula is C28H39NO7S. The van der Waals surface area contributed by atoms with Crippen LogP contribution in [0.5, 0.6) is 0 Å². The zero-order valence-corrected chi connectivity index (χ0v) is 23.7. The van der Waals surface area contributed by atoms with Crippen molar-refractivity contribution in [3.63, 3.8) is 0 Å². The molecule has 1 N–H and O–H groups in total. The van der Waals surface area contributed by atoms with E-state index in [4.69, 9.17) is 9.47 Å². The lowest BCUT2D eigenvalue weighted by atomic mass is 9.89. The molecule has 0 amide bonds. The summed E-state index contributed by atoms with van der Waals surface area (Å²) in [7, 11) is -3.91. The number of aliphatic hydroxyl groups excluding tert-OH is 1. The van der Waals surface area contributed by atoms with Gasteiger partial charge in [-0.2, -0.15) is 0 Å². The molecule has 1 heterocycles. The molecule has 8 nitrogen and oxygen atoms in total. The second-order valence-corrected chi connectivity index (χ2v) is 11.9. The Hall–Kier alpha value is -2.91. The van der Waals surface area contributed by atoms with Crippen LogP contribution in [0.3, 0.4) is 0 Å². The van der Waals surface area contributed by atoms with Crippen LogP contribution in [0.15, 0.2) is 41.6 Å². The Morgan fingerprint density at radius 2 is 1.54 bits per heavy atom. The molecule has 0 aliphatic rings. The van der Waals surface area contributed by atoms with Crippen LogP contribution in [-0.4, -0.2) is 48.3 Å². The van der Waals surface area contributed by atoms with E-state index in [1.165, 1.54) is 36.3 Å². The predicted octanol–water partition coefficient (Wildman–Crippen LogP) is 4.96. The summed E-state index contributed by atoms with van der Waals surface area (Å²) < 4.78 is 38.9. The molecule has 2 aromatic rings. The minimum Gasteiger partial charge on any atom is -0.463 e. The van der Waals surface area contributed by atoms with Gasteiger partial charge in [0.2, 0.25) is 0 Å². The standard InChI is InChI=1S/C28H39NO7S/c1-17(2)23-13-24(18(3)4)28(25(14-23)19(5)6)37(33,34)29-12-11-22(15-29)9-10-27(36-21(8)31)26(32)16-35-20(7)30/h9-15,17-19,26-27,32H,16H2,1-8H3/b10-9+/t26-,27+/m1/s1. The van der Waals surface area contributed by atoms with Crippen molar-refractivity contribution in [1.82, 2.24) is 3.97 Å². The molecule has 0 aliphatic carbocycles. The van der Waals surface area contributed by atoms with Crippen LogP contribution in [0.2, 0.25) is 0 Å². The SMILES string of the molecule is CC(=O)OC[C@@H](O)[C@H](/C=C/c1ccn(S(=O)(=O)c2c(C(C)C)cc(C(C)C)cc2C(C)C)c1)OC(C)=O. The highest BCUT2D eigenvalue weighted by atomic mass is 32.2. The fraction of sp³-hybridized carbons (Fsp3) is 0.500. The first kappa shape index (κ1) is 30.3. The number of nitrogens with zero attached hydrogens (tertiary/aromatic N) is 1. The minimum absolute atomic E-state index is 0.000833. The highest BCUT2D eigenvalue weighted by molar-refractivity contribution is 7.90. The first-order valence-electron chi connectivity index (χ1n) is 12.4. The van der Waals surface area contributed by atoms with E-state index in [2.05, 4.69) is 13.8 Å². The normalized spacial score (nSPS) is 13.9. The highest BCUT2D eigenvalue weighted by Gasteiger charge is 2.28. The Morgan fingerprint density at radius 1 is 0.973 bits per heavy atom. The maximum atomic E-state index is 13.9. The summed E-state index contributed by atoms with van der Waals surface area (Å²) in [6, 6.07) is 5.60. The van der Waals surface area contributed by atoms with E-state index in [-0.39, 0.29) is 24.4 Å². The van der Waals surface area contributed by atoms with E-state index in [1.807, 2.05) is 39.8 Å². The van der Waals surface area contributed by atoms with E-state index < -0.39 is 34.2 Å². The van der Waals surface area contributed by atoms with Crippen molar-refractivity contribution in [3.8, 4) is 0 Å². The van der Waals surface area contributed by atoms with Crippen LogP contribution in [-0.2, 0) is 29.1 Å². The quantitative estimate of drug-likeness (QED) is 0.406. The molecule has 1 aromatic carbocycles. The molecule has 9 heteroatoms. The molecule has 37 heavy (non-hydrogen) atoms. The minimum atomic E-state index is -3.91. The third kappa shape index (κ3) is 7.79. The van der Waals surface area contributed by atoms with Crippen LogP contribution in [0.1, 0.15) is 95.4 Å². The van der Waals surface area contributed by atoms with Crippen LogP contribution in [0.25, 0.3) is 6.08 Å². The van der Waals surface area contributed by atoms with Gasteiger partial charge in [0.05, 0.1) is 4.90 Å². The molecule has 0 unspecified atom stereocenters. The van der Waals surface area contributed by atoms with E-state index >= 15 is 0 Å². The maximum absolute atomic E-state index is 13.9. The van der Waals surface area contributed by atoms with Crippen molar-refractivity contribution in [3.05, 3.63) is 58.9 Å². The van der Waals surface area contributed by atoms with Crippen LogP contribution >= 0.6 is 0 Å². The van der Waals surface area contributed by atoms with Crippen LogP contribution < -0.4 is 0 Å². The fourth-order valence-corrected chi connectivity index (χ4v) is 5.75. The maximum Gasteiger partial charge on any atom is 0.303 e. The third-order valence-electron chi connectivity index (χ3n) is 5.92. The molecule has 2 rings (SSSR count). The number of hydrogen-bond donors (Lipinski definition) is 1. The molecule has 0 saturated heterocycles. The third-order valence-corrected chi connectivity index (χ3v) is 7.69. The zero-order chi connectivity index (χ0) is 28.1. The number of rotatable bonds is 11. The number of benzene rings is 1. The van der Waals surface area contributed by atoms with E-state index in [0.29, 0.717) is 10.5 Å². The fourth-order valence-electron chi connectivity index (χ4n) is 3.87. The van der Waals surface area contributed by atoms with Gasteiger partial charge in [0, 0.05) is 26.2 Å². The smallest absolute Gasteiger partial charge is 0.303 e. The van der Waals surface area contributed by atoms with Crippen molar-refractivity contribution in [2.75, 3.05) is 6.61 Å². The molecule has 0 saturated carbocycles. The Kier molecular flexibility index (Phi) is 10.3. The highest BCUT2D eigenvalue weighted by Crippen LogP contribution is 2.36. The Bertz CT molecular complexity index is 1210. The lowest BCUT2D eigenvalue weighted by Gasteiger charge is -2.23. The van der Waals surface area contributed by atoms with Crippen molar-refractivity contribution >= 4 is 28.0 Å². The van der Waals surface area contributed by atoms with Gasteiger partial charge in [0.15, 0.2) is 0 Å². The molecule has 204 valence electrons. The topological polar surface area (TPSA) is 112 Å². The first-order valence-corrected chi connectivity index (χ1v) is 13.9. The average Bonchev–Trinajstić information content (AvgIpc) is 3.28. The molecule has 2 atom stereocenters. The molecule has 0 fully saturated rings. The van der Waals surface area contributed by atoms with Gasteiger partial charge >= 0.3 is 11.9 Å². The van der Waals surface area contributed by atoms with Crippen molar-refractivity contribution in [2.24, 2.45) is 0 Å². The number of aliphatic hydroxyl groups is 1. The Morgan fingerprint density at radius 3 is 2.00 bits per heavy atom. The van der Waals surface area contributed by atoms with Crippen molar-refractivity contribution in [2.45, 2.75) is 90.2 Å². The van der Waals surface area contributed by atoms with Gasteiger partial charge in [-0.15, -0.1) is 0 Å². The van der Waals surface area contributed by atoms with Gasteiger partial charge in [-0.3, -0.25) is 9.59 Å². The van der Waals surface area contributed by atoms with E-state index in [9.17, 15) is 23.1 Å². The number of hydrogen-bond acceptors (Lipinski definition) is 7. The summed E-state index contributed by atoms with van der Waals surface area (Å²) in [6.07, 6.45) is 3.55. The van der Waals surface area contributed by atoms with E-state index in [0.717, 1.165) is 16.7 Å². The number of esters is 2. The van der Waals surface area contributed by atoms with E-state index in [1.54, 1.807) is 12.1 Å². The predicted molar refractivity (Wildman–Crippen MR) is 143 cm³/mol. The van der Waals surface area contributed by atoms with Crippen molar-refractivity contribution in [1.29, 1.82) is 0 Å². The van der Waals surface area contributed by atoms with Gasteiger partial charge in [-0.05, 0) is 52.1 Å². The van der Waals surface area contributed by atoms with Gasteiger partial charge in [0.25, 0.3) is 10.0 Å². The Labute approximate surface area is 220 Å². The molecule has 0 bridgehead atoms. The van der Waals surface area contributed by atoms with Gasteiger partial charge in [-0.1, -0.05) is 59.8 Å².